The van der Waals surface area contributed by atoms with Crippen LogP contribution in [0.2, 0.25) is 0 Å². The van der Waals surface area contributed by atoms with Gasteiger partial charge in [0.1, 0.15) is 5.82 Å². The van der Waals surface area contributed by atoms with Gasteiger partial charge in [-0.05, 0) is 59.8 Å². The van der Waals surface area contributed by atoms with Gasteiger partial charge >= 0.3 is 0 Å². The Morgan fingerprint density at radius 1 is 1.00 bits per heavy atom. The first-order valence-electron chi connectivity index (χ1n) is 7.16. The molecule has 2 aromatic carbocycles. The molecule has 3 heteroatoms. The predicted molar refractivity (Wildman–Crippen MR) is 88.4 cm³/mol. The summed E-state index contributed by atoms with van der Waals surface area (Å²) in [5.74, 6) is -0.199. The van der Waals surface area contributed by atoms with Crippen LogP contribution in [-0.2, 0) is 11.8 Å². The topological polar surface area (TPSA) is 26.0 Å². The summed E-state index contributed by atoms with van der Waals surface area (Å²) in [6.45, 7) is 7.12. The van der Waals surface area contributed by atoms with Crippen LogP contribution < -0.4 is 5.73 Å². The smallest absolute Gasteiger partial charge is 0.124 e. The standard InChI is InChI=1S/C18H22FNS/c1-18(2,3)14-4-6-16(7-5-14)21-17-11-13(8-9-20)10-15(19)12-17/h4-7,10-12H,8-9,20H2,1-3H3. The van der Waals surface area contributed by atoms with Crippen molar-refractivity contribution in [2.75, 3.05) is 6.54 Å². The molecule has 0 aliphatic heterocycles. The molecule has 0 atom stereocenters. The average Bonchev–Trinajstić information content (AvgIpc) is 2.38. The second kappa shape index (κ2) is 6.63. The highest BCUT2D eigenvalue weighted by atomic mass is 32.2. The zero-order chi connectivity index (χ0) is 15.5. The van der Waals surface area contributed by atoms with E-state index in [9.17, 15) is 4.39 Å². The first-order chi connectivity index (χ1) is 9.88. The van der Waals surface area contributed by atoms with E-state index in [1.54, 1.807) is 23.9 Å². The predicted octanol–water partition coefficient (Wildman–Crippen LogP) is 4.78. The van der Waals surface area contributed by atoms with Crippen LogP contribution in [0.1, 0.15) is 31.9 Å². The van der Waals surface area contributed by atoms with E-state index >= 15 is 0 Å². The monoisotopic (exact) mass is 303 g/mol. The molecule has 0 saturated heterocycles. The maximum Gasteiger partial charge on any atom is 0.124 e. The van der Waals surface area contributed by atoms with E-state index in [-0.39, 0.29) is 11.2 Å². The van der Waals surface area contributed by atoms with Crippen molar-refractivity contribution in [2.24, 2.45) is 5.73 Å². The van der Waals surface area contributed by atoms with Gasteiger partial charge in [-0.25, -0.2) is 4.39 Å². The van der Waals surface area contributed by atoms with Crippen LogP contribution in [0.3, 0.4) is 0 Å². The summed E-state index contributed by atoms with van der Waals surface area (Å²) in [6.07, 6.45) is 0.703. The number of nitrogens with two attached hydrogens (primary N) is 1. The number of benzene rings is 2. The Balaban J connectivity index is 2.18. The molecule has 112 valence electrons. The van der Waals surface area contributed by atoms with E-state index in [4.69, 9.17) is 5.73 Å². The minimum Gasteiger partial charge on any atom is -0.330 e. The van der Waals surface area contributed by atoms with Crippen LogP contribution in [0.4, 0.5) is 4.39 Å². The fraction of sp³-hybridized carbons (Fsp3) is 0.333. The van der Waals surface area contributed by atoms with Crippen LogP contribution in [0.5, 0.6) is 0 Å². The molecular weight excluding hydrogens is 281 g/mol. The van der Waals surface area contributed by atoms with Crippen molar-refractivity contribution in [3.63, 3.8) is 0 Å². The van der Waals surface area contributed by atoms with Crippen LogP contribution in [0.15, 0.2) is 52.3 Å². The van der Waals surface area contributed by atoms with Crippen molar-refractivity contribution in [3.8, 4) is 0 Å². The van der Waals surface area contributed by atoms with Gasteiger partial charge in [0, 0.05) is 9.79 Å². The minimum absolute atomic E-state index is 0.149. The van der Waals surface area contributed by atoms with Crippen molar-refractivity contribution in [2.45, 2.75) is 42.4 Å². The molecule has 0 fully saturated rings. The molecule has 0 heterocycles. The Bertz CT molecular complexity index is 600. The summed E-state index contributed by atoms with van der Waals surface area (Å²) in [5.41, 5.74) is 7.94. The van der Waals surface area contributed by atoms with Crippen LogP contribution in [0.25, 0.3) is 0 Å². The molecule has 0 aliphatic carbocycles. The van der Waals surface area contributed by atoms with Crippen molar-refractivity contribution in [1.29, 1.82) is 0 Å². The Morgan fingerprint density at radius 3 is 2.24 bits per heavy atom. The summed E-state index contributed by atoms with van der Waals surface area (Å²) >= 11 is 1.58. The summed E-state index contributed by atoms with van der Waals surface area (Å²) in [4.78, 5) is 2.04. The van der Waals surface area contributed by atoms with E-state index in [2.05, 4.69) is 45.0 Å². The molecule has 2 rings (SSSR count). The molecule has 2 aromatic rings. The quantitative estimate of drug-likeness (QED) is 0.880. The molecule has 0 saturated carbocycles. The molecule has 21 heavy (non-hydrogen) atoms. The lowest BCUT2D eigenvalue weighted by atomic mass is 9.87. The molecule has 1 nitrogen and oxygen atoms in total. The molecule has 0 aromatic heterocycles. The molecule has 0 radical (unpaired) electrons. The molecule has 0 bridgehead atoms. The van der Waals surface area contributed by atoms with Crippen molar-refractivity contribution in [1.82, 2.24) is 0 Å². The third-order valence-electron chi connectivity index (χ3n) is 3.32. The molecule has 0 aliphatic rings. The molecule has 0 spiro atoms. The highest BCUT2D eigenvalue weighted by Crippen LogP contribution is 2.31. The third kappa shape index (κ3) is 4.58. The van der Waals surface area contributed by atoms with Gasteiger partial charge in [-0.2, -0.15) is 0 Å². The lowest BCUT2D eigenvalue weighted by Crippen LogP contribution is -2.10. The van der Waals surface area contributed by atoms with E-state index in [0.717, 1.165) is 15.4 Å². The van der Waals surface area contributed by atoms with Crippen molar-refractivity contribution < 1.29 is 4.39 Å². The zero-order valence-electron chi connectivity index (χ0n) is 12.8. The average molecular weight is 303 g/mol. The SMILES string of the molecule is CC(C)(C)c1ccc(Sc2cc(F)cc(CCN)c2)cc1. The molecule has 0 unspecified atom stereocenters. The summed E-state index contributed by atoms with van der Waals surface area (Å²) in [7, 11) is 0. The lowest BCUT2D eigenvalue weighted by Gasteiger charge is -2.19. The largest absolute Gasteiger partial charge is 0.330 e. The van der Waals surface area contributed by atoms with Crippen molar-refractivity contribution >= 4 is 11.8 Å². The maximum absolute atomic E-state index is 13.6. The number of hydrogen-bond acceptors (Lipinski definition) is 2. The Labute approximate surface area is 130 Å². The first-order valence-corrected chi connectivity index (χ1v) is 7.98. The maximum atomic E-state index is 13.6. The number of hydrogen-bond donors (Lipinski definition) is 1. The van der Waals surface area contributed by atoms with Gasteiger partial charge in [0.2, 0.25) is 0 Å². The fourth-order valence-electron chi connectivity index (χ4n) is 2.15. The molecule has 0 amide bonds. The van der Waals surface area contributed by atoms with E-state index in [0.29, 0.717) is 13.0 Å². The van der Waals surface area contributed by atoms with Crippen LogP contribution in [0, 0.1) is 5.82 Å². The second-order valence-electron chi connectivity index (χ2n) is 6.21. The minimum atomic E-state index is -0.199. The second-order valence-corrected chi connectivity index (χ2v) is 7.36. The van der Waals surface area contributed by atoms with E-state index in [1.807, 2.05) is 6.07 Å². The highest BCUT2D eigenvalue weighted by molar-refractivity contribution is 7.99. The van der Waals surface area contributed by atoms with Gasteiger partial charge in [0.25, 0.3) is 0 Å². The van der Waals surface area contributed by atoms with Crippen molar-refractivity contribution in [3.05, 3.63) is 59.4 Å². The summed E-state index contributed by atoms with van der Waals surface area (Å²) < 4.78 is 13.6. The van der Waals surface area contributed by atoms with Gasteiger partial charge in [0.15, 0.2) is 0 Å². The van der Waals surface area contributed by atoms with Crippen LogP contribution >= 0.6 is 11.8 Å². The third-order valence-corrected chi connectivity index (χ3v) is 4.30. The number of halogens is 1. The van der Waals surface area contributed by atoms with Gasteiger partial charge in [-0.1, -0.05) is 44.7 Å². The lowest BCUT2D eigenvalue weighted by molar-refractivity contribution is 0.590. The number of rotatable bonds is 4. The molecular formula is C18H22FNS. The first kappa shape index (κ1) is 16.1. The van der Waals surface area contributed by atoms with Gasteiger partial charge in [-0.3, -0.25) is 0 Å². The summed E-state index contributed by atoms with van der Waals surface area (Å²) in [5, 5.41) is 0. The van der Waals surface area contributed by atoms with Gasteiger partial charge in [-0.15, -0.1) is 0 Å². The summed E-state index contributed by atoms with van der Waals surface area (Å²) in [6, 6.07) is 13.6. The van der Waals surface area contributed by atoms with E-state index in [1.165, 1.54) is 5.56 Å². The van der Waals surface area contributed by atoms with E-state index < -0.39 is 0 Å². The van der Waals surface area contributed by atoms with Crippen LogP contribution in [-0.4, -0.2) is 6.54 Å². The van der Waals surface area contributed by atoms with Gasteiger partial charge < -0.3 is 5.73 Å². The Morgan fingerprint density at radius 2 is 1.67 bits per heavy atom. The Hall–Kier alpha value is -1.32. The fourth-order valence-corrected chi connectivity index (χ4v) is 3.08. The van der Waals surface area contributed by atoms with Gasteiger partial charge in [0.05, 0.1) is 0 Å². The molecule has 2 N–H and O–H groups in total. The zero-order valence-corrected chi connectivity index (χ0v) is 13.6. The highest BCUT2D eigenvalue weighted by Gasteiger charge is 2.13. The Kier molecular flexibility index (Phi) is 5.07. The normalized spacial score (nSPS) is 11.7.